The summed E-state index contributed by atoms with van der Waals surface area (Å²) >= 11 is 2.04. The number of hydrogen-bond acceptors (Lipinski definition) is 4. The number of likely N-dealkylation sites (N-methyl/N-ethyl adjacent to an activating group) is 1. The van der Waals surface area contributed by atoms with Crippen molar-refractivity contribution in [1.29, 1.82) is 0 Å². The van der Waals surface area contributed by atoms with Gasteiger partial charge in [0.1, 0.15) is 11.3 Å². The first kappa shape index (κ1) is 16.0. The Morgan fingerprint density at radius 1 is 1.29 bits per heavy atom. The first-order chi connectivity index (χ1) is 9.97. The van der Waals surface area contributed by atoms with Crippen LogP contribution in [0.2, 0.25) is 0 Å². The first-order valence-corrected chi connectivity index (χ1v) is 7.67. The Balaban J connectivity index is 1.96. The van der Waals surface area contributed by atoms with Crippen LogP contribution in [0.15, 0.2) is 18.2 Å². The van der Waals surface area contributed by atoms with E-state index in [1.54, 1.807) is 17.0 Å². The van der Waals surface area contributed by atoms with Crippen molar-refractivity contribution in [3.8, 4) is 5.75 Å². The molecule has 7 heteroatoms. The Kier molecular flexibility index (Phi) is 5.40. The van der Waals surface area contributed by atoms with Crippen molar-refractivity contribution < 1.29 is 19.4 Å². The average Bonchev–Trinajstić information content (AvgIpc) is 2.46. The zero-order valence-corrected chi connectivity index (χ0v) is 13.9. The number of nitrogens with zero attached hydrogens (tertiary/aromatic N) is 2. The van der Waals surface area contributed by atoms with Crippen LogP contribution < -0.4 is 4.74 Å². The molecule has 0 aliphatic carbocycles. The molecular formula is C14H17IN2O4. The van der Waals surface area contributed by atoms with Crippen molar-refractivity contribution in [2.75, 3.05) is 39.8 Å². The van der Waals surface area contributed by atoms with Gasteiger partial charge in [0, 0.05) is 29.7 Å². The minimum atomic E-state index is -1.06. The normalized spacial score (nSPS) is 15.8. The molecule has 1 aliphatic heterocycles. The molecule has 1 fully saturated rings. The van der Waals surface area contributed by atoms with Crippen LogP contribution in [0.1, 0.15) is 10.4 Å². The Bertz CT molecular complexity index is 542. The van der Waals surface area contributed by atoms with Crippen molar-refractivity contribution >= 4 is 34.5 Å². The van der Waals surface area contributed by atoms with Gasteiger partial charge in [-0.1, -0.05) is 0 Å². The molecule has 0 aromatic heterocycles. The maximum Gasteiger partial charge on any atom is 0.339 e. The number of carboxylic acids is 1. The van der Waals surface area contributed by atoms with Crippen LogP contribution in [0.25, 0.3) is 0 Å². The third-order valence-corrected chi connectivity index (χ3v) is 4.05. The number of carbonyl (C=O) groups is 2. The van der Waals surface area contributed by atoms with E-state index in [-0.39, 0.29) is 23.8 Å². The summed E-state index contributed by atoms with van der Waals surface area (Å²) in [6, 6.07) is 4.86. The fourth-order valence-corrected chi connectivity index (χ4v) is 2.57. The lowest BCUT2D eigenvalue weighted by molar-refractivity contribution is -0.134. The van der Waals surface area contributed by atoms with E-state index in [9.17, 15) is 9.59 Å². The molecule has 21 heavy (non-hydrogen) atoms. The second kappa shape index (κ2) is 7.08. The van der Waals surface area contributed by atoms with E-state index in [4.69, 9.17) is 9.84 Å². The van der Waals surface area contributed by atoms with Gasteiger partial charge in [0.15, 0.2) is 6.61 Å². The summed E-state index contributed by atoms with van der Waals surface area (Å²) in [5.74, 6) is -0.945. The maximum atomic E-state index is 12.1. The van der Waals surface area contributed by atoms with Gasteiger partial charge < -0.3 is 19.6 Å². The van der Waals surface area contributed by atoms with Crippen molar-refractivity contribution in [2.24, 2.45) is 0 Å². The SMILES string of the molecule is CN1CCN(C(=O)COc2ccc(I)cc2C(=O)O)CC1. The Hall–Kier alpha value is -1.35. The number of ether oxygens (including phenoxy) is 1. The summed E-state index contributed by atoms with van der Waals surface area (Å²) in [4.78, 5) is 27.1. The lowest BCUT2D eigenvalue weighted by Gasteiger charge is -2.32. The molecule has 1 N–H and O–H groups in total. The van der Waals surface area contributed by atoms with Crippen molar-refractivity contribution in [2.45, 2.75) is 0 Å². The van der Waals surface area contributed by atoms with E-state index in [1.807, 2.05) is 29.6 Å². The molecule has 0 unspecified atom stereocenters. The zero-order valence-electron chi connectivity index (χ0n) is 11.7. The highest BCUT2D eigenvalue weighted by Gasteiger charge is 2.20. The summed E-state index contributed by atoms with van der Waals surface area (Å²) < 4.78 is 6.21. The largest absolute Gasteiger partial charge is 0.483 e. The number of carboxylic acid groups (broad SMARTS) is 1. The standard InChI is InChI=1S/C14H17IN2O4/c1-16-4-6-17(7-5-16)13(18)9-21-12-3-2-10(15)8-11(12)14(19)20/h2-3,8H,4-7,9H2,1H3,(H,19,20). The summed E-state index contributed by atoms with van der Waals surface area (Å²) in [5.41, 5.74) is 0.0769. The number of benzene rings is 1. The summed E-state index contributed by atoms with van der Waals surface area (Å²) in [6.45, 7) is 2.91. The van der Waals surface area contributed by atoms with E-state index in [2.05, 4.69) is 4.90 Å². The number of aromatic carboxylic acids is 1. The predicted octanol–water partition coefficient (Wildman–Crippen LogP) is 1.14. The molecule has 1 heterocycles. The monoisotopic (exact) mass is 404 g/mol. The molecule has 2 rings (SSSR count). The van der Waals surface area contributed by atoms with Crippen LogP contribution in [0, 0.1) is 3.57 Å². The molecule has 1 aromatic rings. The molecule has 1 amide bonds. The van der Waals surface area contributed by atoms with Gasteiger partial charge in [-0.15, -0.1) is 0 Å². The fourth-order valence-electron chi connectivity index (χ4n) is 2.08. The van der Waals surface area contributed by atoms with Gasteiger partial charge in [-0.2, -0.15) is 0 Å². The highest BCUT2D eigenvalue weighted by Crippen LogP contribution is 2.21. The topological polar surface area (TPSA) is 70.1 Å². The van der Waals surface area contributed by atoms with Crippen LogP contribution in [-0.2, 0) is 4.79 Å². The molecule has 0 radical (unpaired) electrons. The zero-order chi connectivity index (χ0) is 15.4. The van der Waals surface area contributed by atoms with Crippen LogP contribution in [0.4, 0.5) is 0 Å². The number of halogens is 1. The number of hydrogen-bond donors (Lipinski definition) is 1. The lowest BCUT2D eigenvalue weighted by atomic mass is 10.2. The van der Waals surface area contributed by atoms with E-state index >= 15 is 0 Å². The molecule has 0 atom stereocenters. The molecule has 0 bridgehead atoms. The third kappa shape index (κ3) is 4.31. The molecule has 1 aromatic carbocycles. The van der Waals surface area contributed by atoms with Crippen LogP contribution in [0.3, 0.4) is 0 Å². The molecule has 1 saturated heterocycles. The third-order valence-electron chi connectivity index (χ3n) is 3.38. The van der Waals surface area contributed by atoms with Gasteiger partial charge in [-0.3, -0.25) is 4.79 Å². The van der Waals surface area contributed by atoms with Gasteiger partial charge in [0.05, 0.1) is 0 Å². The summed E-state index contributed by atoms with van der Waals surface area (Å²) in [7, 11) is 2.02. The fraction of sp³-hybridized carbons (Fsp3) is 0.429. The van der Waals surface area contributed by atoms with Gasteiger partial charge in [-0.25, -0.2) is 4.79 Å². The molecule has 1 aliphatic rings. The first-order valence-electron chi connectivity index (χ1n) is 6.59. The second-order valence-corrected chi connectivity index (χ2v) is 6.16. The number of piperazine rings is 1. The van der Waals surface area contributed by atoms with Crippen molar-refractivity contribution in [1.82, 2.24) is 9.80 Å². The van der Waals surface area contributed by atoms with Crippen LogP contribution in [-0.4, -0.2) is 66.6 Å². The van der Waals surface area contributed by atoms with E-state index in [0.717, 1.165) is 16.7 Å². The molecule has 114 valence electrons. The minimum absolute atomic E-state index is 0.0769. The minimum Gasteiger partial charge on any atom is -0.483 e. The maximum absolute atomic E-state index is 12.1. The van der Waals surface area contributed by atoms with Gasteiger partial charge in [-0.05, 0) is 47.8 Å². The highest BCUT2D eigenvalue weighted by molar-refractivity contribution is 14.1. The summed E-state index contributed by atoms with van der Waals surface area (Å²) in [5, 5.41) is 9.15. The predicted molar refractivity (Wildman–Crippen MR) is 85.7 cm³/mol. The highest BCUT2D eigenvalue weighted by atomic mass is 127. The smallest absolute Gasteiger partial charge is 0.339 e. The molecular weight excluding hydrogens is 387 g/mol. The Morgan fingerprint density at radius 2 is 1.95 bits per heavy atom. The van der Waals surface area contributed by atoms with E-state index in [1.165, 1.54) is 6.07 Å². The number of rotatable bonds is 4. The quantitative estimate of drug-likeness (QED) is 0.763. The summed E-state index contributed by atoms with van der Waals surface area (Å²) in [6.07, 6.45) is 0. The van der Waals surface area contributed by atoms with Crippen LogP contribution >= 0.6 is 22.6 Å². The molecule has 0 spiro atoms. The lowest BCUT2D eigenvalue weighted by Crippen LogP contribution is -2.48. The Morgan fingerprint density at radius 3 is 2.57 bits per heavy atom. The van der Waals surface area contributed by atoms with E-state index < -0.39 is 5.97 Å². The van der Waals surface area contributed by atoms with E-state index in [0.29, 0.717) is 13.1 Å². The number of amides is 1. The van der Waals surface area contributed by atoms with Crippen molar-refractivity contribution in [3.05, 3.63) is 27.3 Å². The van der Waals surface area contributed by atoms with Crippen LogP contribution in [0.5, 0.6) is 5.75 Å². The molecule has 6 nitrogen and oxygen atoms in total. The van der Waals surface area contributed by atoms with Crippen molar-refractivity contribution in [3.63, 3.8) is 0 Å². The van der Waals surface area contributed by atoms with Gasteiger partial charge in [0.2, 0.25) is 0 Å². The molecule has 0 saturated carbocycles. The second-order valence-electron chi connectivity index (χ2n) is 4.92. The van der Waals surface area contributed by atoms with Gasteiger partial charge >= 0.3 is 5.97 Å². The number of carbonyl (C=O) groups excluding carboxylic acids is 1. The average molecular weight is 404 g/mol. The van der Waals surface area contributed by atoms with Gasteiger partial charge in [0.25, 0.3) is 5.91 Å². The Labute approximate surface area is 136 Å².